The van der Waals surface area contributed by atoms with E-state index in [-0.39, 0.29) is 42.8 Å². The minimum Gasteiger partial charge on any atom is -1.00 e. The van der Waals surface area contributed by atoms with Crippen molar-refractivity contribution in [2.75, 3.05) is 24.3 Å². The molecule has 3 aromatic rings. The molecule has 124 valence electrons. The van der Waals surface area contributed by atoms with Gasteiger partial charge in [0.1, 0.15) is 5.69 Å². The number of rotatable bonds is 4. The summed E-state index contributed by atoms with van der Waals surface area (Å²) in [5.41, 5.74) is 4.01. The van der Waals surface area contributed by atoms with E-state index in [4.69, 9.17) is 0 Å². The van der Waals surface area contributed by atoms with E-state index in [0.29, 0.717) is 5.69 Å². The Kier molecular flexibility index (Phi) is 6.24. The molecular weight excluding hydrogens is 329 g/mol. The first-order valence-corrected chi connectivity index (χ1v) is 7.34. The Morgan fingerprint density at radius 3 is 2.52 bits per heavy atom. The van der Waals surface area contributed by atoms with E-state index in [2.05, 4.69) is 30.9 Å². The number of H-pyrrole nitrogens is 1. The van der Waals surface area contributed by atoms with Crippen LogP contribution in [0.25, 0.3) is 11.3 Å². The summed E-state index contributed by atoms with van der Waals surface area (Å²) in [4.78, 5) is 18.8. The molecule has 0 saturated carbocycles. The molecule has 0 spiro atoms. The van der Waals surface area contributed by atoms with Crippen molar-refractivity contribution in [3.63, 3.8) is 0 Å². The molecule has 8 nitrogen and oxygen atoms in total. The van der Waals surface area contributed by atoms with Gasteiger partial charge in [-0.1, -0.05) is 17.2 Å². The number of hydrogen-bond acceptors (Lipinski definition) is 6. The van der Waals surface area contributed by atoms with Crippen LogP contribution in [0.1, 0.15) is 17.5 Å². The van der Waals surface area contributed by atoms with Crippen molar-refractivity contribution in [3.8, 4) is 11.3 Å². The molecule has 0 atom stereocenters. The van der Waals surface area contributed by atoms with E-state index in [1.54, 1.807) is 6.07 Å². The van der Waals surface area contributed by atoms with Crippen LogP contribution < -0.4 is 39.8 Å². The fourth-order valence-electron chi connectivity index (χ4n) is 2.24. The van der Waals surface area contributed by atoms with Crippen LogP contribution in [0.5, 0.6) is 0 Å². The van der Waals surface area contributed by atoms with Crippen LogP contribution in [0, 0.1) is 6.92 Å². The van der Waals surface area contributed by atoms with Crippen LogP contribution in [0.15, 0.2) is 36.4 Å². The van der Waals surface area contributed by atoms with E-state index in [1.165, 1.54) is 0 Å². The van der Waals surface area contributed by atoms with Crippen molar-refractivity contribution in [1.29, 1.82) is 0 Å². The molecule has 1 aromatic carbocycles. The first-order valence-electron chi connectivity index (χ1n) is 7.34. The van der Waals surface area contributed by atoms with Crippen molar-refractivity contribution in [1.82, 2.24) is 25.6 Å². The van der Waals surface area contributed by atoms with Crippen LogP contribution in [0.3, 0.4) is 0 Å². The molecule has 0 radical (unpaired) electrons. The van der Waals surface area contributed by atoms with Crippen molar-refractivity contribution in [2.45, 2.75) is 6.92 Å². The zero-order chi connectivity index (χ0) is 17.1. The van der Waals surface area contributed by atoms with E-state index >= 15 is 0 Å². The third-order valence-corrected chi connectivity index (χ3v) is 3.45. The van der Waals surface area contributed by atoms with E-state index in [1.807, 2.05) is 56.3 Å². The van der Waals surface area contributed by atoms with E-state index in [0.717, 1.165) is 22.5 Å². The molecule has 0 aliphatic carbocycles. The van der Waals surface area contributed by atoms with Gasteiger partial charge in [-0.2, -0.15) is 5.21 Å². The van der Waals surface area contributed by atoms with Gasteiger partial charge in [0.25, 0.3) is 11.9 Å². The van der Waals surface area contributed by atoms with Gasteiger partial charge in [0.15, 0.2) is 0 Å². The Labute approximate surface area is 168 Å². The van der Waals surface area contributed by atoms with Crippen LogP contribution in [0.4, 0.5) is 11.6 Å². The fraction of sp³-hybridized carbons (Fsp3) is 0.188. The maximum Gasteiger partial charge on any atom is 1.00 e. The molecule has 0 saturated heterocycles. The first kappa shape index (κ1) is 19.0. The summed E-state index contributed by atoms with van der Waals surface area (Å²) in [5.74, 6) is -0.272. The first-order chi connectivity index (χ1) is 11.5. The Bertz CT molecular complexity index is 854. The number of aryl methyl sites for hydroxylation is 1. The average molecular weight is 347 g/mol. The van der Waals surface area contributed by atoms with Crippen LogP contribution in [-0.4, -0.2) is 45.6 Å². The zero-order valence-electron chi connectivity index (χ0n) is 15.6. The zero-order valence-corrected chi connectivity index (χ0v) is 16.6. The fourth-order valence-corrected chi connectivity index (χ4v) is 2.24. The topological polar surface area (TPSA) is 99.7 Å². The Hall–Kier alpha value is -2.29. The Balaban J connectivity index is 0.00000169. The van der Waals surface area contributed by atoms with Gasteiger partial charge in [-0.05, 0) is 42.0 Å². The van der Waals surface area contributed by atoms with Gasteiger partial charge in [0.05, 0.1) is 5.69 Å². The number of amides is 1. The molecule has 25 heavy (non-hydrogen) atoms. The SMILES string of the molecule is Cc1cc(C(=O)Nc2nn[nH]n2)nc(-c2ccc(N(C)C)cc2)c1.[H-].[Na+]. The molecule has 0 fully saturated rings. The molecule has 2 heterocycles. The Morgan fingerprint density at radius 2 is 1.92 bits per heavy atom. The molecule has 3 rings (SSSR count). The van der Waals surface area contributed by atoms with Crippen LogP contribution in [0.2, 0.25) is 0 Å². The van der Waals surface area contributed by atoms with Crippen molar-refractivity contribution in [2.24, 2.45) is 0 Å². The third-order valence-electron chi connectivity index (χ3n) is 3.45. The summed E-state index contributed by atoms with van der Waals surface area (Å²) in [7, 11) is 3.97. The van der Waals surface area contributed by atoms with Crippen LogP contribution >= 0.6 is 0 Å². The second kappa shape index (κ2) is 8.19. The second-order valence-corrected chi connectivity index (χ2v) is 5.55. The summed E-state index contributed by atoms with van der Waals surface area (Å²) >= 11 is 0. The maximum atomic E-state index is 12.3. The number of carbonyl (C=O) groups excluding carboxylic acids is 1. The molecule has 2 aromatic heterocycles. The maximum absolute atomic E-state index is 12.3. The monoisotopic (exact) mass is 347 g/mol. The minimum absolute atomic E-state index is 0. The number of carbonyl (C=O) groups is 1. The quantitative estimate of drug-likeness (QED) is 0.588. The largest absolute Gasteiger partial charge is 1.00 e. The van der Waals surface area contributed by atoms with Crippen LogP contribution in [-0.2, 0) is 0 Å². The summed E-state index contributed by atoms with van der Waals surface area (Å²) in [5, 5.41) is 15.6. The van der Waals surface area contributed by atoms with Gasteiger partial charge in [0, 0.05) is 25.3 Å². The van der Waals surface area contributed by atoms with Crippen molar-refractivity contribution < 1.29 is 35.8 Å². The number of hydrogen-bond donors (Lipinski definition) is 2. The standard InChI is InChI=1S/C16H17N7O.Na.H/c1-10-8-13(11-4-6-12(7-5-11)23(2)3)17-14(9-10)15(24)18-16-19-21-22-20-16;;/h4-9H,1-3H3,(H2,18,19,20,21,22,24);;/q;+1;-1. The number of aromatic nitrogens is 5. The second-order valence-electron chi connectivity index (χ2n) is 5.55. The Morgan fingerprint density at radius 1 is 1.20 bits per heavy atom. The van der Waals surface area contributed by atoms with Gasteiger partial charge >= 0.3 is 29.6 Å². The smallest absolute Gasteiger partial charge is 1.00 e. The molecule has 1 amide bonds. The molecule has 0 aliphatic rings. The molecular formula is C16H18N7NaO. The van der Waals surface area contributed by atoms with Gasteiger partial charge in [0.2, 0.25) is 0 Å². The van der Waals surface area contributed by atoms with Gasteiger partial charge in [-0.3, -0.25) is 10.1 Å². The number of benzene rings is 1. The van der Waals surface area contributed by atoms with E-state index in [9.17, 15) is 4.79 Å². The minimum atomic E-state index is -0.383. The summed E-state index contributed by atoms with van der Waals surface area (Å²) in [6.07, 6.45) is 0. The third kappa shape index (κ3) is 4.62. The van der Waals surface area contributed by atoms with Gasteiger partial charge in [-0.25, -0.2) is 4.98 Å². The summed E-state index contributed by atoms with van der Waals surface area (Å²) in [6.45, 7) is 1.92. The van der Waals surface area contributed by atoms with Gasteiger partial charge < -0.3 is 6.33 Å². The average Bonchev–Trinajstić information content (AvgIpc) is 3.07. The number of pyridine rings is 1. The number of aromatic amines is 1. The normalized spacial score (nSPS) is 10.0. The predicted octanol–water partition coefficient (Wildman–Crippen LogP) is -0.995. The molecule has 0 aliphatic heterocycles. The summed E-state index contributed by atoms with van der Waals surface area (Å²) in [6, 6.07) is 11.6. The number of nitrogens with zero attached hydrogens (tertiary/aromatic N) is 5. The molecule has 0 bridgehead atoms. The van der Waals surface area contributed by atoms with Crippen molar-refractivity contribution in [3.05, 3.63) is 47.7 Å². The van der Waals surface area contributed by atoms with E-state index < -0.39 is 0 Å². The number of nitrogens with one attached hydrogen (secondary N) is 2. The van der Waals surface area contributed by atoms with Crippen molar-refractivity contribution >= 4 is 17.5 Å². The predicted molar refractivity (Wildman–Crippen MR) is 92.0 cm³/mol. The van der Waals surface area contributed by atoms with Gasteiger partial charge in [-0.15, -0.1) is 5.10 Å². The molecule has 0 unspecified atom stereocenters. The molecule has 9 heteroatoms. The number of tetrazole rings is 1. The number of anilines is 2. The summed E-state index contributed by atoms with van der Waals surface area (Å²) < 4.78 is 0. The molecule has 2 N–H and O–H groups in total.